The second-order valence-electron chi connectivity index (χ2n) is 7.97. The molecule has 3 aromatic rings. The van der Waals surface area contributed by atoms with Gasteiger partial charge in [0.05, 0.1) is 11.1 Å². The number of esters is 1. The summed E-state index contributed by atoms with van der Waals surface area (Å²) in [6.45, 7) is 3.25. The van der Waals surface area contributed by atoms with Crippen molar-refractivity contribution in [1.82, 2.24) is 15.6 Å². The molecule has 0 radical (unpaired) electrons. The van der Waals surface area contributed by atoms with Crippen LogP contribution in [0.1, 0.15) is 48.7 Å². The van der Waals surface area contributed by atoms with Crippen molar-refractivity contribution in [3.63, 3.8) is 0 Å². The minimum Gasteiger partial charge on any atom is -0.460 e. The fourth-order valence-corrected chi connectivity index (χ4v) is 3.83. The number of amides is 3. The van der Waals surface area contributed by atoms with E-state index in [2.05, 4.69) is 15.6 Å². The molecule has 1 saturated carbocycles. The van der Waals surface area contributed by atoms with Gasteiger partial charge in [0, 0.05) is 11.4 Å². The number of aryl methyl sites for hydroxylation is 1. The molecule has 8 heteroatoms. The van der Waals surface area contributed by atoms with Gasteiger partial charge in [-0.25, -0.2) is 14.6 Å². The maximum atomic E-state index is 13.0. The monoisotopic (exact) mass is 435 g/mol. The number of fused-ring (bicyclic) bond motifs is 1. The number of urea groups is 1. The zero-order valence-electron chi connectivity index (χ0n) is 18.0. The van der Waals surface area contributed by atoms with E-state index in [9.17, 15) is 14.4 Å². The fourth-order valence-electron chi connectivity index (χ4n) is 3.83. The summed E-state index contributed by atoms with van der Waals surface area (Å²) in [6, 6.07) is 11.8. The number of para-hydroxylation sites is 1. The smallest absolute Gasteiger partial charge is 0.339 e. The largest absolute Gasteiger partial charge is 0.460 e. The van der Waals surface area contributed by atoms with Crippen LogP contribution in [0.15, 0.2) is 46.9 Å². The third-order valence-corrected chi connectivity index (χ3v) is 5.51. The predicted octanol–water partition coefficient (Wildman–Crippen LogP) is 4.12. The molecular weight excluding hydrogens is 410 g/mol. The van der Waals surface area contributed by atoms with Gasteiger partial charge >= 0.3 is 12.0 Å². The summed E-state index contributed by atoms with van der Waals surface area (Å²) in [5.74, 6) is -0.127. The third kappa shape index (κ3) is 4.80. The van der Waals surface area contributed by atoms with Gasteiger partial charge in [0.1, 0.15) is 11.5 Å². The number of nitrogens with zero attached hydrogens (tertiary/aromatic N) is 1. The van der Waals surface area contributed by atoms with Gasteiger partial charge in [-0.05, 0) is 51.0 Å². The second kappa shape index (κ2) is 9.21. The lowest BCUT2D eigenvalue weighted by atomic mass is 10.1. The van der Waals surface area contributed by atoms with Gasteiger partial charge in [-0.2, -0.15) is 0 Å². The quantitative estimate of drug-likeness (QED) is 0.584. The molecule has 2 N–H and O–H groups in total. The normalized spacial score (nSPS) is 14.8. The Morgan fingerprint density at radius 3 is 2.59 bits per heavy atom. The number of aromatic nitrogens is 1. The van der Waals surface area contributed by atoms with Crippen LogP contribution in [0.3, 0.4) is 0 Å². The van der Waals surface area contributed by atoms with Gasteiger partial charge in [0.25, 0.3) is 5.91 Å². The molecule has 1 aromatic carbocycles. The SMILES string of the molecule is Cc1ccc(-c2cc(C(=O)O[C@@H](C)C(=O)NC(=O)NC3CCCC3)c3ccccc3n2)o1. The van der Waals surface area contributed by atoms with Crippen LogP contribution in [0.25, 0.3) is 22.4 Å². The number of rotatable bonds is 5. The van der Waals surface area contributed by atoms with Gasteiger partial charge in [-0.15, -0.1) is 0 Å². The molecule has 0 bridgehead atoms. The van der Waals surface area contributed by atoms with Crippen LogP contribution in [0.5, 0.6) is 0 Å². The van der Waals surface area contributed by atoms with Gasteiger partial charge in [-0.1, -0.05) is 31.0 Å². The molecule has 1 aliphatic carbocycles. The van der Waals surface area contributed by atoms with Crippen molar-refractivity contribution < 1.29 is 23.5 Å². The Bertz CT molecular complexity index is 1160. The Kier molecular flexibility index (Phi) is 6.20. The Morgan fingerprint density at radius 2 is 1.88 bits per heavy atom. The van der Waals surface area contributed by atoms with E-state index in [1.807, 2.05) is 19.1 Å². The molecule has 1 aliphatic rings. The van der Waals surface area contributed by atoms with Crippen molar-refractivity contribution in [2.45, 2.75) is 51.7 Å². The van der Waals surface area contributed by atoms with Crippen LogP contribution in [0.4, 0.5) is 4.79 Å². The summed E-state index contributed by atoms with van der Waals surface area (Å²) in [7, 11) is 0. The molecule has 0 unspecified atom stereocenters. The van der Waals surface area contributed by atoms with Gasteiger partial charge in [-0.3, -0.25) is 10.1 Å². The van der Waals surface area contributed by atoms with Crippen LogP contribution in [-0.2, 0) is 9.53 Å². The number of carbonyl (C=O) groups excluding carboxylic acids is 3. The first-order valence-corrected chi connectivity index (χ1v) is 10.7. The van der Waals surface area contributed by atoms with Crippen molar-refractivity contribution in [3.8, 4) is 11.5 Å². The molecule has 0 saturated heterocycles. The van der Waals surface area contributed by atoms with Crippen molar-refractivity contribution in [2.24, 2.45) is 0 Å². The van der Waals surface area contributed by atoms with Crippen molar-refractivity contribution in [1.29, 1.82) is 0 Å². The van der Waals surface area contributed by atoms with Crippen LogP contribution in [-0.4, -0.2) is 35.0 Å². The maximum Gasteiger partial charge on any atom is 0.339 e. The highest BCUT2D eigenvalue weighted by Gasteiger charge is 2.24. The van der Waals surface area contributed by atoms with Crippen LogP contribution in [0.2, 0.25) is 0 Å². The van der Waals surface area contributed by atoms with Crippen molar-refractivity contribution in [2.75, 3.05) is 0 Å². The number of carbonyl (C=O) groups is 3. The molecule has 8 nitrogen and oxygen atoms in total. The average molecular weight is 435 g/mol. The molecule has 2 heterocycles. The summed E-state index contributed by atoms with van der Waals surface area (Å²) in [4.78, 5) is 42.0. The lowest BCUT2D eigenvalue weighted by molar-refractivity contribution is -0.127. The Morgan fingerprint density at radius 1 is 1.12 bits per heavy atom. The standard InChI is InChI=1S/C24H25N3O5/c1-14-11-12-21(31-14)20-13-18(17-9-5-6-10-19(17)26-20)23(29)32-15(2)22(28)27-24(30)25-16-7-3-4-8-16/h5-6,9-13,15-16H,3-4,7-8H2,1-2H3,(H2,25,27,28,30)/t15-/m0/s1. The van der Waals surface area contributed by atoms with Gasteiger partial charge < -0.3 is 14.5 Å². The minimum absolute atomic E-state index is 0.0764. The summed E-state index contributed by atoms with van der Waals surface area (Å²) >= 11 is 0. The lowest BCUT2D eigenvalue weighted by Gasteiger charge is -2.16. The van der Waals surface area contributed by atoms with E-state index < -0.39 is 24.0 Å². The van der Waals surface area contributed by atoms with Crippen molar-refractivity contribution in [3.05, 3.63) is 53.8 Å². The molecule has 1 atom stereocenters. The molecule has 1 fully saturated rings. The predicted molar refractivity (Wildman–Crippen MR) is 118 cm³/mol. The molecule has 0 spiro atoms. The van der Waals surface area contributed by atoms with E-state index in [4.69, 9.17) is 9.15 Å². The van der Waals surface area contributed by atoms with Gasteiger partial charge in [0.2, 0.25) is 0 Å². The molecular formula is C24H25N3O5. The number of furan rings is 1. The Balaban J connectivity index is 1.50. The summed E-state index contributed by atoms with van der Waals surface area (Å²) < 4.78 is 11.0. The maximum absolute atomic E-state index is 13.0. The summed E-state index contributed by atoms with van der Waals surface area (Å²) in [5, 5.41) is 5.61. The van der Waals surface area contributed by atoms with E-state index in [0.29, 0.717) is 22.4 Å². The number of benzene rings is 1. The first-order chi connectivity index (χ1) is 15.4. The molecule has 32 heavy (non-hydrogen) atoms. The molecule has 0 aliphatic heterocycles. The molecule has 2 aromatic heterocycles. The van der Waals surface area contributed by atoms with Crippen LogP contribution >= 0.6 is 0 Å². The number of imide groups is 1. The second-order valence-corrected chi connectivity index (χ2v) is 7.97. The zero-order valence-corrected chi connectivity index (χ0v) is 18.0. The van der Waals surface area contributed by atoms with E-state index in [-0.39, 0.29) is 11.6 Å². The summed E-state index contributed by atoms with van der Waals surface area (Å²) in [5.41, 5.74) is 1.34. The highest BCUT2D eigenvalue weighted by molar-refractivity contribution is 6.05. The number of hydrogen-bond acceptors (Lipinski definition) is 6. The lowest BCUT2D eigenvalue weighted by Crippen LogP contribution is -2.47. The Hall–Kier alpha value is -3.68. The third-order valence-electron chi connectivity index (χ3n) is 5.51. The zero-order chi connectivity index (χ0) is 22.7. The minimum atomic E-state index is -1.15. The molecule has 166 valence electrons. The van der Waals surface area contributed by atoms with E-state index in [1.54, 1.807) is 30.3 Å². The molecule has 4 rings (SSSR count). The van der Waals surface area contributed by atoms with Crippen LogP contribution in [0, 0.1) is 6.92 Å². The average Bonchev–Trinajstić information content (AvgIpc) is 3.44. The Labute approximate surface area is 185 Å². The molecule has 3 amide bonds. The van der Waals surface area contributed by atoms with Gasteiger partial charge in [0.15, 0.2) is 11.9 Å². The van der Waals surface area contributed by atoms with E-state index in [0.717, 1.165) is 31.4 Å². The van der Waals surface area contributed by atoms with Crippen molar-refractivity contribution >= 4 is 28.8 Å². The van der Waals surface area contributed by atoms with E-state index >= 15 is 0 Å². The first kappa shape index (κ1) is 21.5. The topological polar surface area (TPSA) is 111 Å². The first-order valence-electron chi connectivity index (χ1n) is 10.7. The highest BCUT2D eigenvalue weighted by atomic mass is 16.5. The number of hydrogen-bond donors (Lipinski definition) is 2. The van der Waals surface area contributed by atoms with Crippen LogP contribution < -0.4 is 10.6 Å². The number of nitrogens with one attached hydrogen (secondary N) is 2. The summed E-state index contributed by atoms with van der Waals surface area (Å²) in [6.07, 6.45) is 2.77. The fraction of sp³-hybridized carbons (Fsp3) is 0.333. The van der Waals surface area contributed by atoms with E-state index in [1.165, 1.54) is 6.92 Å². The highest BCUT2D eigenvalue weighted by Crippen LogP contribution is 2.27. The number of ether oxygens (including phenoxy) is 1. The number of pyridine rings is 1.